The minimum Gasteiger partial charge on any atom is -0.216 e. The Bertz CT molecular complexity index is 676. The zero-order valence-corrected chi connectivity index (χ0v) is 10.1. The molecule has 0 saturated carbocycles. The number of aromatic nitrogens is 4. The third kappa shape index (κ3) is 1.78. The van der Waals surface area contributed by atoms with Crippen LogP contribution in [0.4, 0.5) is 0 Å². The third-order valence-electron chi connectivity index (χ3n) is 2.45. The van der Waals surface area contributed by atoms with E-state index in [1.807, 2.05) is 43.3 Å². The fourth-order valence-corrected chi connectivity index (χ4v) is 2.00. The molecule has 0 aliphatic heterocycles. The van der Waals surface area contributed by atoms with Gasteiger partial charge < -0.3 is 0 Å². The van der Waals surface area contributed by atoms with Crippen molar-refractivity contribution in [3.8, 4) is 11.4 Å². The Morgan fingerprint density at radius 1 is 1.12 bits per heavy atom. The Balaban J connectivity index is 2.24. The van der Waals surface area contributed by atoms with E-state index < -0.39 is 0 Å². The van der Waals surface area contributed by atoms with Gasteiger partial charge in [-0.05, 0) is 13.0 Å². The van der Waals surface area contributed by atoms with Crippen LogP contribution in [0.15, 0.2) is 41.4 Å². The van der Waals surface area contributed by atoms with Gasteiger partial charge in [-0.2, -0.15) is 9.50 Å². The van der Waals surface area contributed by atoms with Crippen molar-refractivity contribution in [3.05, 3.63) is 42.1 Å². The third-order valence-corrected chi connectivity index (χ3v) is 2.77. The van der Waals surface area contributed by atoms with E-state index in [0.29, 0.717) is 11.6 Å². The topological polar surface area (TPSA) is 43.1 Å². The van der Waals surface area contributed by atoms with Gasteiger partial charge in [-0.15, -0.1) is 17.7 Å². The van der Waals surface area contributed by atoms with E-state index >= 15 is 0 Å². The summed E-state index contributed by atoms with van der Waals surface area (Å²) in [5, 5.41) is 5.13. The van der Waals surface area contributed by atoms with Gasteiger partial charge in [0.05, 0.1) is 0 Å². The van der Waals surface area contributed by atoms with Gasteiger partial charge >= 0.3 is 0 Å². The molecular weight excluding hydrogens is 232 g/mol. The van der Waals surface area contributed by atoms with E-state index in [4.69, 9.17) is 0 Å². The highest BCUT2D eigenvalue weighted by atomic mass is 32.1. The van der Waals surface area contributed by atoms with E-state index in [0.717, 1.165) is 16.3 Å². The first-order valence-corrected chi connectivity index (χ1v) is 5.67. The molecule has 0 unspecified atom stereocenters. The van der Waals surface area contributed by atoms with Crippen molar-refractivity contribution in [2.24, 2.45) is 0 Å². The average molecular weight is 242 g/mol. The van der Waals surface area contributed by atoms with Gasteiger partial charge in [0.2, 0.25) is 0 Å². The minimum absolute atomic E-state index is 0.578. The standard InChI is InChI=1S/C12H10N4S/c1-8-7-10(17)16-12(13-8)14-11(15-16)9-5-3-2-4-6-9/h2-7,17H,1H3. The van der Waals surface area contributed by atoms with Gasteiger partial charge in [-0.1, -0.05) is 30.3 Å². The second-order valence-electron chi connectivity index (χ2n) is 3.77. The van der Waals surface area contributed by atoms with Crippen LogP contribution in [0.5, 0.6) is 0 Å². The molecule has 0 spiro atoms. The molecule has 84 valence electrons. The molecule has 5 heteroatoms. The van der Waals surface area contributed by atoms with Crippen LogP contribution in [-0.4, -0.2) is 19.6 Å². The van der Waals surface area contributed by atoms with Crippen LogP contribution in [0, 0.1) is 6.92 Å². The molecule has 0 saturated heterocycles. The van der Waals surface area contributed by atoms with Crippen molar-refractivity contribution in [3.63, 3.8) is 0 Å². The summed E-state index contributed by atoms with van der Waals surface area (Å²) in [5.74, 6) is 1.24. The summed E-state index contributed by atoms with van der Waals surface area (Å²) in [4.78, 5) is 8.72. The summed E-state index contributed by atoms with van der Waals surface area (Å²) in [6.45, 7) is 1.91. The molecule has 0 N–H and O–H groups in total. The minimum atomic E-state index is 0.578. The van der Waals surface area contributed by atoms with Crippen LogP contribution in [0.25, 0.3) is 17.2 Å². The van der Waals surface area contributed by atoms with E-state index in [1.165, 1.54) is 0 Å². The van der Waals surface area contributed by atoms with Gasteiger partial charge in [-0.3, -0.25) is 0 Å². The van der Waals surface area contributed by atoms with Crippen molar-refractivity contribution in [1.82, 2.24) is 19.6 Å². The normalized spacial score (nSPS) is 10.9. The fourth-order valence-electron chi connectivity index (χ4n) is 1.68. The summed E-state index contributed by atoms with van der Waals surface area (Å²) in [5.41, 5.74) is 1.86. The van der Waals surface area contributed by atoms with Crippen LogP contribution in [0.3, 0.4) is 0 Å². The Morgan fingerprint density at radius 2 is 1.88 bits per heavy atom. The van der Waals surface area contributed by atoms with E-state index in [2.05, 4.69) is 27.7 Å². The average Bonchev–Trinajstić information content (AvgIpc) is 2.74. The van der Waals surface area contributed by atoms with E-state index in [-0.39, 0.29) is 0 Å². The first kappa shape index (κ1) is 10.3. The van der Waals surface area contributed by atoms with Gasteiger partial charge in [0.25, 0.3) is 5.78 Å². The molecule has 0 bridgehead atoms. The van der Waals surface area contributed by atoms with Crippen molar-refractivity contribution >= 4 is 18.4 Å². The van der Waals surface area contributed by atoms with Crippen LogP contribution in [-0.2, 0) is 0 Å². The van der Waals surface area contributed by atoms with Crippen molar-refractivity contribution in [1.29, 1.82) is 0 Å². The van der Waals surface area contributed by atoms with Crippen LogP contribution in [0.1, 0.15) is 5.69 Å². The molecule has 0 radical (unpaired) electrons. The van der Waals surface area contributed by atoms with Gasteiger partial charge in [-0.25, -0.2) is 4.98 Å². The van der Waals surface area contributed by atoms with Crippen molar-refractivity contribution in [2.45, 2.75) is 11.9 Å². The lowest BCUT2D eigenvalue weighted by Gasteiger charge is -1.96. The predicted molar refractivity (Wildman–Crippen MR) is 68.2 cm³/mol. The second-order valence-corrected chi connectivity index (χ2v) is 4.23. The van der Waals surface area contributed by atoms with Crippen LogP contribution < -0.4 is 0 Å². The molecule has 0 aliphatic carbocycles. The number of thiol groups is 1. The Morgan fingerprint density at radius 3 is 2.65 bits per heavy atom. The highest BCUT2D eigenvalue weighted by Gasteiger charge is 2.09. The molecule has 2 heterocycles. The first-order valence-electron chi connectivity index (χ1n) is 5.23. The Labute approximate surface area is 104 Å². The maximum atomic E-state index is 4.40. The molecule has 17 heavy (non-hydrogen) atoms. The van der Waals surface area contributed by atoms with E-state index in [1.54, 1.807) is 4.52 Å². The summed E-state index contributed by atoms with van der Waals surface area (Å²) in [6, 6.07) is 11.7. The zero-order chi connectivity index (χ0) is 11.8. The maximum absolute atomic E-state index is 4.40. The SMILES string of the molecule is Cc1cc(S)n2nc(-c3ccccc3)nc2n1. The number of nitrogens with zero attached hydrogens (tertiary/aromatic N) is 4. The molecule has 2 aromatic heterocycles. The first-order chi connectivity index (χ1) is 8.24. The van der Waals surface area contributed by atoms with E-state index in [9.17, 15) is 0 Å². The Hall–Kier alpha value is -1.88. The van der Waals surface area contributed by atoms with Gasteiger partial charge in [0.15, 0.2) is 5.82 Å². The summed E-state index contributed by atoms with van der Waals surface area (Å²) >= 11 is 4.37. The molecule has 0 atom stereocenters. The van der Waals surface area contributed by atoms with Gasteiger partial charge in [0.1, 0.15) is 5.03 Å². The number of hydrogen-bond donors (Lipinski definition) is 1. The lowest BCUT2D eigenvalue weighted by Crippen LogP contribution is -1.94. The number of aryl methyl sites for hydroxylation is 1. The van der Waals surface area contributed by atoms with Crippen LogP contribution >= 0.6 is 12.6 Å². The fraction of sp³-hybridized carbons (Fsp3) is 0.0833. The largest absolute Gasteiger partial charge is 0.254 e. The second kappa shape index (κ2) is 3.85. The van der Waals surface area contributed by atoms with Crippen molar-refractivity contribution in [2.75, 3.05) is 0 Å². The summed E-state index contributed by atoms with van der Waals surface area (Å²) in [6.07, 6.45) is 0. The predicted octanol–water partition coefficient (Wildman–Crippen LogP) is 2.39. The molecule has 0 aliphatic rings. The number of rotatable bonds is 1. The monoisotopic (exact) mass is 242 g/mol. The molecule has 1 aromatic carbocycles. The molecule has 3 rings (SSSR count). The van der Waals surface area contributed by atoms with Crippen LogP contribution in [0.2, 0.25) is 0 Å². The molecule has 4 nitrogen and oxygen atoms in total. The highest BCUT2D eigenvalue weighted by Crippen LogP contribution is 2.17. The summed E-state index contributed by atoms with van der Waals surface area (Å²) < 4.78 is 1.64. The number of benzene rings is 1. The summed E-state index contributed by atoms with van der Waals surface area (Å²) in [7, 11) is 0. The molecule has 3 aromatic rings. The Kier molecular flexibility index (Phi) is 2.33. The highest BCUT2D eigenvalue weighted by molar-refractivity contribution is 7.80. The van der Waals surface area contributed by atoms with Crippen molar-refractivity contribution < 1.29 is 0 Å². The molecular formula is C12H10N4S. The number of fused-ring (bicyclic) bond motifs is 1. The number of hydrogen-bond acceptors (Lipinski definition) is 4. The lowest BCUT2D eigenvalue weighted by molar-refractivity contribution is 0.839. The zero-order valence-electron chi connectivity index (χ0n) is 9.20. The molecule has 0 fully saturated rings. The quantitative estimate of drug-likeness (QED) is 0.526. The van der Waals surface area contributed by atoms with Gasteiger partial charge in [0, 0.05) is 11.3 Å². The smallest absolute Gasteiger partial charge is 0.216 e. The molecule has 0 amide bonds. The lowest BCUT2D eigenvalue weighted by atomic mass is 10.2. The maximum Gasteiger partial charge on any atom is 0.254 e.